The average molecular weight is 269 g/mol. The number of nitrogens with two attached hydrogens (primary N) is 1. The number of nitrogens with zero attached hydrogens (tertiary/aromatic N) is 2. The monoisotopic (exact) mass is 269 g/mol. The van der Waals surface area contributed by atoms with E-state index in [2.05, 4.69) is 4.98 Å². The molecule has 0 aliphatic carbocycles. The second-order valence-corrected chi connectivity index (χ2v) is 3.62. The molecule has 0 saturated heterocycles. The van der Waals surface area contributed by atoms with Crippen LogP contribution in [0.3, 0.4) is 0 Å². The lowest BCUT2D eigenvalue weighted by atomic mass is 10.0. The second kappa shape index (κ2) is 6.75. The quantitative estimate of drug-likeness (QED) is 0.817. The Balaban J connectivity index is 3.22. The highest BCUT2D eigenvalue weighted by molar-refractivity contribution is 5.74. The summed E-state index contributed by atoms with van der Waals surface area (Å²) in [5.41, 5.74) is 5.23. The van der Waals surface area contributed by atoms with Gasteiger partial charge in [0, 0.05) is 12.1 Å². The number of nitriles is 1. The Kier molecular flexibility index (Phi) is 5.33. The summed E-state index contributed by atoms with van der Waals surface area (Å²) in [5.74, 6) is -0.555. The van der Waals surface area contributed by atoms with Crippen LogP contribution in [0.15, 0.2) is 6.07 Å². The molecule has 0 radical (unpaired) electrons. The zero-order valence-electron chi connectivity index (χ0n) is 10.3. The van der Waals surface area contributed by atoms with Crippen LogP contribution in [0.2, 0.25) is 0 Å². The summed E-state index contributed by atoms with van der Waals surface area (Å²) in [6, 6.07) is 2.75. The first-order valence-electron chi connectivity index (χ1n) is 5.60. The van der Waals surface area contributed by atoms with Gasteiger partial charge >= 0.3 is 5.97 Å². The van der Waals surface area contributed by atoms with Crippen molar-refractivity contribution in [1.82, 2.24) is 4.98 Å². The van der Waals surface area contributed by atoms with E-state index < -0.39 is 18.1 Å². The molecule has 0 aromatic carbocycles. The van der Waals surface area contributed by atoms with Gasteiger partial charge in [-0.05, 0) is 13.0 Å². The Morgan fingerprint density at radius 1 is 1.63 bits per heavy atom. The molecule has 1 aromatic heterocycles. The van der Waals surface area contributed by atoms with Crippen molar-refractivity contribution in [1.29, 1.82) is 5.26 Å². The van der Waals surface area contributed by atoms with Crippen molar-refractivity contribution < 1.29 is 18.3 Å². The summed E-state index contributed by atoms with van der Waals surface area (Å²) >= 11 is 0. The summed E-state index contributed by atoms with van der Waals surface area (Å²) in [5, 5.41) is 8.97. The van der Waals surface area contributed by atoms with Gasteiger partial charge in [0.05, 0.1) is 30.4 Å². The standard InChI is InChI=1S/C12H13F2N3O2/c1-2-19-11(18)4-8-7(5-15)3-9(12(13)14)17-10(8)6-16/h3,12H,2,4,6,16H2,1H3. The minimum absolute atomic E-state index is 0.0289. The lowest BCUT2D eigenvalue weighted by Crippen LogP contribution is -2.15. The molecular weight excluding hydrogens is 256 g/mol. The fraction of sp³-hybridized carbons (Fsp3) is 0.417. The molecular formula is C12H13F2N3O2. The number of aromatic nitrogens is 1. The number of pyridine rings is 1. The number of alkyl halides is 2. The molecule has 5 nitrogen and oxygen atoms in total. The van der Waals surface area contributed by atoms with E-state index >= 15 is 0 Å². The fourth-order valence-corrected chi connectivity index (χ4v) is 1.58. The van der Waals surface area contributed by atoms with Crippen molar-refractivity contribution in [2.75, 3.05) is 6.61 Å². The molecule has 0 bridgehead atoms. The van der Waals surface area contributed by atoms with Crippen LogP contribution in [-0.4, -0.2) is 17.6 Å². The molecule has 0 atom stereocenters. The van der Waals surface area contributed by atoms with Gasteiger partial charge in [-0.1, -0.05) is 0 Å². The molecule has 0 spiro atoms. The SMILES string of the molecule is CCOC(=O)Cc1c(C#N)cc(C(F)F)nc1CN. The molecule has 19 heavy (non-hydrogen) atoms. The van der Waals surface area contributed by atoms with Crippen LogP contribution in [0.25, 0.3) is 0 Å². The number of hydrogen-bond acceptors (Lipinski definition) is 5. The molecule has 0 fully saturated rings. The summed E-state index contributed by atoms with van der Waals surface area (Å²) in [4.78, 5) is 15.1. The summed E-state index contributed by atoms with van der Waals surface area (Å²) in [6.45, 7) is 1.70. The molecule has 0 saturated carbocycles. The third-order valence-corrected chi connectivity index (χ3v) is 2.39. The van der Waals surface area contributed by atoms with E-state index in [0.29, 0.717) is 0 Å². The van der Waals surface area contributed by atoms with Gasteiger partial charge in [0.2, 0.25) is 0 Å². The molecule has 102 valence electrons. The van der Waals surface area contributed by atoms with E-state index in [0.717, 1.165) is 6.07 Å². The topological polar surface area (TPSA) is 89.0 Å². The number of hydrogen-bond donors (Lipinski definition) is 1. The van der Waals surface area contributed by atoms with E-state index in [-0.39, 0.29) is 36.4 Å². The van der Waals surface area contributed by atoms with E-state index in [1.165, 1.54) is 0 Å². The van der Waals surface area contributed by atoms with Crippen LogP contribution in [0.5, 0.6) is 0 Å². The van der Waals surface area contributed by atoms with Crippen LogP contribution >= 0.6 is 0 Å². The summed E-state index contributed by atoms with van der Waals surface area (Å²) in [6.07, 6.45) is -3.01. The molecule has 1 heterocycles. The lowest BCUT2D eigenvalue weighted by molar-refractivity contribution is -0.142. The van der Waals surface area contributed by atoms with E-state index in [4.69, 9.17) is 15.7 Å². The number of esters is 1. The maximum absolute atomic E-state index is 12.6. The Morgan fingerprint density at radius 2 is 2.32 bits per heavy atom. The second-order valence-electron chi connectivity index (χ2n) is 3.62. The van der Waals surface area contributed by atoms with Gasteiger partial charge < -0.3 is 10.5 Å². The minimum Gasteiger partial charge on any atom is -0.466 e. The van der Waals surface area contributed by atoms with Gasteiger partial charge in [-0.3, -0.25) is 9.78 Å². The maximum atomic E-state index is 12.6. The van der Waals surface area contributed by atoms with Gasteiger partial charge in [-0.15, -0.1) is 0 Å². The van der Waals surface area contributed by atoms with Crippen molar-refractivity contribution in [2.24, 2.45) is 5.73 Å². The number of halogens is 2. The molecule has 2 N–H and O–H groups in total. The maximum Gasteiger partial charge on any atom is 0.310 e. The van der Waals surface area contributed by atoms with Crippen LogP contribution in [-0.2, 0) is 22.5 Å². The largest absolute Gasteiger partial charge is 0.466 e. The van der Waals surface area contributed by atoms with E-state index in [9.17, 15) is 13.6 Å². The predicted molar refractivity (Wildman–Crippen MR) is 62.1 cm³/mol. The normalized spacial score (nSPS) is 10.3. The third-order valence-electron chi connectivity index (χ3n) is 2.39. The van der Waals surface area contributed by atoms with Crippen LogP contribution in [0.1, 0.15) is 35.9 Å². The zero-order chi connectivity index (χ0) is 14.4. The van der Waals surface area contributed by atoms with E-state index in [1.54, 1.807) is 13.0 Å². The highest BCUT2D eigenvalue weighted by Crippen LogP contribution is 2.22. The van der Waals surface area contributed by atoms with Gasteiger partial charge in [-0.25, -0.2) is 8.78 Å². The lowest BCUT2D eigenvalue weighted by Gasteiger charge is -2.11. The molecule has 0 amide bonds. The predicted octanol–water partition coefficient (Wildman–Crippen LogP) is 1.46. The molecule has 0 aliphatic heterocycles. The first kappa shape index (κ1) is 15.0. The van der Waals surface area contributed by atoms with Gasteiger partial charge in [0.25, 0.3) is 6.43 Å². The Morgan fingerprint density at radius 3 is 2.79 bits per heavy atom. The van der Waals surface area contributed by atoms with Crippen molar-refractivity contribution >= 4 is 5.97 Å². The molecule has 0 aliphatic rings. The van der Waals surface area contributed by atoms with Crippen molar-refractivity contribution in [3.05, 3.63) is 28.6 Å². The van der Waals surface area contributed by atoms with Gasteiger partial charge in [0.1, 0.15) is 5.69 Å². The first-order chi connectivity index (χ1) is 9.03. The molecule has 7 heteroatoms. The van der Waals surface area contributed by atoms with Gasteiger partial charge in [-0.2, -0.15) is 5.26 Å². The Labute approximate surface area is 109 Å². The van der Waals surface area contributed by atoms with Crippen LogP contribution in [0.4, 0.5) is 8.78 Å². The fourth-order valence-electron chi connectivity index (χ4n) is 1.58. The Bertz CT molecular complexity index is 512. The van der Waals surface area contributed by atoms with Crippen molar-refractivity contribution in [3.63, 3.8) is 0 Å². The molecule has 0 unspecified atom stereocenters. The van der Waals surface area contributed by atoms with Crippen LogP contribution < -0.4 is 5.73 Å². The highest BCUT2D eigenvalue weighted by atomic mass is 19.3. The zero-order valence-corrected chi connectivity index (χ0v) is 10.3. The summed E-state index contributed by atoms with van der Waals surface area (Å²) in [7, 11) is 0. The van der Waals surface area contributed by atoms with Crippen molar-refractivity contribution in [3.8, 4) is 6.07 Å². The average Bonchev–Trinajstić information content (AvgIpc) is 2.38. The van der Waals surface area contributed by atoms with Crippen LogP contribution in [0, 0.1) is 11.3 Å². The smallest absolute Gasteiger partial charge is 0.310 e. The molecule has 1 rings (SSSR count). The minimum atomic E-state index is -2.80. The highest BCUT2D eigenvalue weighted by Gasteiger charge is 2.19. The van der Waals surface area contributed by atoms with Gasteiger partial charge in [0.15, 0.2) is 0 Å². The molecule has 1 aromatic rings. The Hall–Kier alpha value is -2.07. The number of carbonyl (C=O) groups is 1. The number of rotatable bonds is 5. The van der Waals surface area contributed by atoms with E-state index in [1.807, 2.05) is 0 Å². The third kappa shape index (κ3) is 3.69. The summed E-state index contributed by atoms with van der Waals surface area (Å²) < 4.78 is 30.0. The number of ether oxygens (including phenoxy) is 1. The van der Waals surface area contributed by atoms with Crippen molar-refractivity contribution in [2.45, 2.75) is 26.3 Å². The first-order valence-corrected chi connectivity index (χ1v) is 5.60. The number of carbonyl (C=O) groups excluding carboxylic acids is 1.